The van der Waals surface area contributed by atoms with Crippen molar-refractivity contribution in [2.24, 2.45) is 0 Å². The first-order valence-electron chi connectivity index (χ1n) is 5.08. The smallest absolute Gasteiger partial charge is 0.322 e. The van der Waals surface area contributed by atoms with Gasteiger partial charge in [-0.05, 0) is 17.7 Å². The van der Waals surface area contributed by atoms with Gasteiger partial charge >= 0.3 is 12.0 Å². The third kappa shape index (κ3) is 2.28. The van der Waals surface area contributed by atoms with Gasteiger partial charge in [-0.3, -0.25) is 14.9 Å². The van der Waals surface area contributed by atoms with Crippen LogP contribution in [0.25, 0.3) is 0 Å². The Bertz CT molecular complexity index is 514. The Morgan fingerprint density at radius 3 is 2.33 bits per heavy atom. The summed E-state index contributed by atoms with van der Waals surface area (Å²) in [5.41, 5.74) is 0.397. The molecular formula is C11H9ClN2O4. The molecule has 1 fully saturated rings. The van der Waals surface area contributed by atoms with E-state index in [1.807, 2.05) is 5.32 Å². The van der Waals surface area contributed by atoms with Crippen molar-refractivity contribution >= 4 is 29.5 Å². The van der Waals surface area contributed by atoms with Crippen molar-refractivity contribution in [2.75, 3.05) is 0 Å². The van der Waals surface area contributed by atoms with Gasteiger partial charge in [-0.2, -0.15) is 0 Å². The SMILES string of the molecule is O=C1NC(=O)[C@@H]([C@H](C(=O)O)c2ccc(Cl)cc2)N1. The predicted octanol–water partition coefficient (Wildman–Crippen LogP) is 0.716. The van der Waals surface area contributed by atoms with Crippen LogP contribution in [-0.2, 0) is 9.59 Å². The lowest BCUT2D eigenvalue weighted by molar-refractivity contribution is -0.141. The summed E-state index contributed by atoms with van der Waals surface area (Å²) < 4.78 is 0. The van der Waals surface area contributed by atoms with Gasteiger partial charge in [0.2, 0.25) is 0 Å². The van der Waals surface area contributed by atoms with Crippen molar-refractivity contribution < 1.29 is 19.5 Å². The molecule has 1 saturated heterocycles. The molecule has 0 radical (unpaired) electrons. The maximum atomic E-state index is 11.5. The van der Waals surface area contributed by atoms with E-state index in [-0.39, 0.29) is 0 Å². The molecule has 1 aromatic rings. The van der Waals surface area contributed by atoms with E-state index < -0.39 is 29.9 Å². The molecule has 0 aromatic heterocycles. The Hall–Kier alpha value is -2.08. The van der Waals surface area contributed by atoms with E-state index in [0.29, 0.717) is 10.6 Å². The molecule has 3 N–H and O–H groups in total. The second-order valence-electron chi connectivity index (χ2n) is 3.81. The van der Waals surface area contributed by atoms with Gasteiger partial charge in [0.05, 0.1) is 0 Å². The second-order valence-corrected chi connectivity index (χ2v) is 4.24. The van der Waals surface area contributed by atoms with Crippen LogP contribution in [0.2, 0.25) is 5.02 Å². The molecule has 2 rings (SSSR count). The average molecular weight is 269 g/mol. The molecular weight excluding hydrogens is 260 g/mol. The van der Waals surface area contributed by atoms with E-state index in [4.69, 9.17) is 11.6 Å². The van der Waals surface area contributed by atoms with E-state index in [1.54, 1.807) is 0 Å². The summed E-state index contributed by atoms with van der Waals surface area (Å²) in [6, 6.07) is 4.28. The van der Waals surface area contributed by atoms with Crippen LogP contribution < -0.4 is 10.6 Å². The highest BCUT2D eigenvalue weighted by molar-refractivity contribution is 6.30. The number of aliphatic carboxylic acids is 1. The topological polar surface area (TPSA) is 95.5 Å². The van der Waals surface area contributed by atoms with Crippen LogP contribution in [0.1, 0.15) is 11.5 Å². The number of hydrogen-bond donors (Lipinski definition) is 3. The number of hydrogen-bond acceptors (Lipinski definition) is 3. The number of carbonyl (C=O) groups is 3. The van der Waals surface area contributed by atoms with Crippen LogP contribution in [-0.4, -0.2) is 29.1 Å². The largest absolute Gasteiger partial charge is 0.481 e. The fraction of sp³-hybridized carbons (Fsp3) is 0.182. The molecule has 94 valence electrons. The van der Waals surface area contributed by atoms with Crippen LogP contribution in [0, 0.1) is 0 Å². The minimum atomic E-state index is -1.19. The number of urea groups is 1. The normalized spacial score (nSPS) is 20.2. The van der Waals surface area contributed by atoms with Gasteiger partial charge in [-0.25, -0.2) is 4.79 Å². The van der Waals surface area contributed by atoms with Crippen molar-refractivity contribution in [1.29, 1.82) is 0 Å². The minimum absolute atomic E-state index is 0.397. The standard InChI is InChI=1S/C11H9ClN2O4/c12-6-3-1-5(2-4-6)7(10(16)17)8-9(15)14-11(18)13-8/h1-4,7-8H,(H,16,17)(H2,13,14,15,18)/t7-,8-/m1/s1. The summed E-state index contributed by atoms with van der Waals surface area (Å²) in [7, 11) is 0. The van der Waals surface area contributed by atoms with Gasteiger partial charge in [0.25, 0.3) is 5.91 Å². The zero-order valence-electron chi connectivity index (χ0n) is 9.01. The van der Waals surface area contributed by atoms with Gasteiger partial charge in [0.15, 0.2) is 0 Å². The lowest BCUT2D eigenvalue weighted by Gasteiger charge is -2.17. The van der Waals surface area contributed by atoms with E-state index in [9.17, 15) is 19.5 Å². The van der Waals surface area contributed by atoms with Crippen LogP contribution in [0.15, 0.2) is 24.3 Å². The predicted molar refractivity (Wildman–Crippen MR) is 62.3 cm³/mol. The molecule has 0 aliphatic carbocycles. The zero-order chi connectivity index (χ0) is 13.3. The average Bonchev–Trinajstić information content (AvgIpc) is 2.61. The Labute approximate surface area is 107 Å². The first-order valence-corrected chi connectivity index (χ1v) is 5.46. The molecule has 7 heteroatoms. The van der Waals surface area contributed by atoms with E-state index in [2.05, 4.69) is 5.32 Å². The number of benzene rings is 1. The maximum absolute atomic E-state index is 11.5. The maximum Gasteiger partial charge on any atom is 0.322 e. The fourth-order valence-electron chi connectivity index (χ4n) is 1.81. The van der Waals surface area contributed by atoms with E-state index in [1.165, 1.54) is 24.3 Å². The number of amides is 3. The third-order valence-corrected chi connectivity index (χ3v) is 2.89. The Morgan fingerprint density at radius 1 is 1.28 bits per heavy atom. The summed E-state index contributed by atoms with van der Waals surface area (Å²) in [6.45, 7) is 0. The Kier molecular flexibility index (Phi) is 3.20. The summed E-state index contributed by atoms with van der Waals surface area (Å²) in [5.74, 6) is -2.99. The van der Waals surface area contributed by atoms with Gasteiger partial charge in [-0.1, -0.05) is 23.7 Å². The van der Waals surface area contributed by atoms with Crippen molar-refractivity contribution in [1.82, 2.24) is 10.6 Å². The molecule has 1 aliphatic heterocycles. The highest BCUT2D eigenvalue weighted by Gasteiger charge is 2.40. The molecule has 6 nitrogen and oxygen atoms in total. The molecule has 0 saturated carbocycles. The molecule has 1 aromatic carbocycles. The van der Waals surface area contributed by atoms with Crippen molar-refractivity contribution in [3.63, 3.8) is 0 Å². The number of nitrogens with one attached hydrogen (secondary N) is 2. The van der Waals surface area contributed by atoms with E-state index in [0.717, 1.165) is 0 Å². The molecule has 2 atom stereocenters. The monoisotopic (exact) mass is 268 g/mol. The lowest BCUT2D eigenvalue weighted by atomic mass is 9.91. The summed E-state index contributed by atoms with van der Waals surface area (Å²) >= 11 is 5.71. The van der Waals surface area contributed by atoms with Gasteiger partial charge in [-0.15, -0.1) is 0 Å². The van der Waals surface area contributed by atoms with Gasteiger partial charge in [0, 0.05) is 5.02 Å². The quantitative estimate of drug-likeness (QED) is 0.704. The van der Waals surface area contributed by atoms with Crippen molar-refractivity contribution in [3.05, 3.63) is 34.9 Å². The number of carboxylic acid groups (broad SMARTS) is 1. The molecule has 18 heavy (non-hydrogen) atoms. The highest BCUT2D eigenvalue weighted by atomic mass is 35.5. The van der Waals surface area contributed by atoms with Gasteiger partial charge in [0.1, 0.15) is 12.0 Å². The van der Waals surface area contributed by atoms with Crippen LogP contribution >= 0.6 is 11.6 Å². The number of rotatable bonds is 3. The lowest BCUT2D eigenvalue weighted by Crippen LogP contribution is -2.39. The summed E-state index contributed by atoms with van der Waals surface area (Å²) in [4.78, 5) is 33.8. The third-order valence-electron chi connectivity index (χ3n) is 2.63. The number of imide groups is 1. The second kappa shape index (κ2) is 4.66. The molecule has 0 unspecified atom stereocenters. The van der Waals surface area contributed by atoms with Crippen molar-refractivity contribution in [2.45, 2.75) is 12.0 Å². The molecule has 0 spiro atoms. The summed E-state index contributed by atoms with van der Waals surface area (Å²) in [5, 5.41) is 13.9. The first kappa shape index (κ1) is 12.4. The van der Waals surface area contributed by atoms with Crippen molar-refractivity contribution in [3.8, 4) is 0 Å². The highest BCUT2D eigenvalue weighted by Crippen LogP contribution is 2.23. The first-order chi connectivity index (χ1) is 8.49. The summed E-state index contributed by atoms with van der Waals surface area (Å²) in [6.07, 6.45) is 0. The van der Waals surface area contributed by atoms with Crippen LogP contribution in [0.4, 0.5) is 4.79 Å². The number of carbonyl (C=O) groups excluding carboxylic acids is 2. The Morgan fingerprint density at radius 2 is 1.89 bits per heavy atom. The van der Waals surface area contributed by atoms with Crippen LogP contribution in [0.5, 0.6) is 0 Å². The minimum Gasteiger partial charge on any atom is -0.481 e. The zero-order valence-corrected chi connectivity index (χ0v) is 9.77. The molecule has 0 bridgehead atoms. The van der Waals surface area contributed by atoms with Crippen LogP contribution in [0.3, 0.4) is 0 Å². The van der Waals surface area contributed by atoms with E-state index >= 15 is 0 Å². The molecule has 3 amide bonds. The number of carboxylic acids is 1. The molecule has 1 aliphatic rings. The number of halogens is 1. The fourth-order valence-corrected chi connectivity index (χ4v) is 1.94. The molecule has 1 heterocycles. The van der Waals surface area contributed by atoms with Gasteiger partial charge < -0.3 is 10.4 Å². The Balaban J connectivity index is 2.34.